The van der Waals surface area contributed by atoms with Crippen LogP contribution in [0.5, 0.6) is 0 Å². The van der Waals surface area contributed by atoms with E-state index in [1.54, 1.807) is 0 Å². The van der Waals surface area contributed by atoms with E-state index in [2.05, 4.69) is 0 Å². The van der Waals surface area contributed by atoms with Crippen molar-refractivity contribution in [3.8, 4) is 0 Å². The molecule has 2 N–H and O–H groups in total. The van der Waals surface area contributed by atoms with Gasteiger partial charge in [-0.1, -0.05) is 0 Å². The van der Waals surface area contributed by atoms with Crippen molar-refractivity contribution < 1.29 is 13.2 Å². The molecule has 0 aromatic rings. The van der Waals surface area contributed by atoms with E-state index < -0.39 is 9.84 Å². The lowest BCUT2D eigenvalue weighted by molar-refractivity contribution is -0.0572. The van der Waals surface area contributed by atoms with Crippen molar-refractivity contribution in [3.05, 3.63) is 0 Å². The Morgan fingerprint density at radius 3 is 2.94 bits per heavy atom. The highest BCUT2D eigenvalue weighted by molar-refractivity contribution is 7.99. The summed E-state index contributed by atoms with van der Waals surface area (Å²) in [7, 11) is -2.98. The van der Waals surface area contributed by atoms with E-state index in [0.29, 0.717) is 32.4 Å². The Hall–Kier alpha value is 0.220. The molecule has 0 aliphatic carbocycles. The minimum atomic E-state index is -2.98. The lowest BCUT2D eigenvalue weighted by Crippen LogP contribution is -2.45. The van der Waals surface area contributed by atoms with Crippen molar-refractivity contribution in [2.24, 2.45) is 5.73 Å². The maximum atomic E-state index is 12.2. The number of nitrogens with two attached hydrogens (primary N) is 1. The van der Waals surface area contributed by atoms with Crippen molar-refractivity contribution >= 4 is 21.6 Å². The van der Waals surface area contributed by atoms with Gasteiger partial charge in [-0.25, -0.2) is 8.42 Å². The first-order valence-electron chi connectivity index (χ1n) is 6.21. The number of hydrogen-bond acceptors (Lipinski definition) is 5. The number of thioether (sulfide) groups is 1. The van der Waals surface area contributed by atoms with Gasteiger partial charge in [0.2, 0.25) is 0 Å². The molecule has 2 aliphatic rings. The summed E-state index contributed by atoms with van der Waals surface area (Å²) in [6.07, 6.45) is 2.91. The standard InChI is InChI=1S/C11H21NO3S2/c12-4-1-7-17(13,14)10-2-5-15-11(8-10)3-6-16-9-11/h10H,1-9,12H2. The second-order valence-electron chi connectivity index (χ2n) is 4.96. The van der Waals surface area contributed by atoms with Gasteiger partial charge in [0.25, 0.3) is 0 Å². The Kier molecular flexibility index (Phi) is 4.39. The summed E-state index contributed by atoms with van der Waals surface area (Å²) in [6.45, 7) is 1.04. The predicted molar refractivity (Wildman–Crippen MR) is 71.1 cm³/mol. The van der Waals surface area contributed by atoms with Crippen LogP contribution in [0, 0.1) is 0 Å². The largest absolute Gasteiger partial charge is 0.374 e. The Morgan fingerprint density at radius 1 is 1.47 bits per heavy atom. The third kappa shape index (κ3) is 3.16. The third-order valence-corrected chi connectivity index (χ3v) is 7.15. The zero-order valence-corrected chi connectivity index (χ0v) is 11.7. The molecule has 2 unspecified atom stereocenters. The third-order valence-electron chi connectivity index (χ3n) is 3.66. The van der Waals surface area contributed by atoms with Crippen molar-refractivity contribution in [2.45, 2.75) is 36.5 Å². The molecule has 1 spiro atoms. The Bertz CT molecular complexity index is 350. The molecular weight excluding hydrogens is 258 g/mol. The first-order chi connectivity index (χ1) is 8.08. The molecule has 4 nitrogen and oxygen atoms in total. The van der Waals surface area contributed by atoms with Crippen LogP contribution in [0.25, 0.3) is 0 Å². The average Bonchev–Trinajstić information content (AvgIpc) is 2.75. The molecule has 17 heavy (non-hydrogen) atoms. The summed E-state index contributed by atoms with van der Waals surface area (Å²) in [4.78, 5) is 0. The maximum absolute atomic E-state index is 12.2. The molecule has 2 heterocycles. The monoisotopic (exact) mass is 279 g/mol. The quantitative estimate of drug-likeness (QED) is 0.824. The van der Waals surface area contributed by atoms with Gasteiger partial charge < -0.3 is 10.5 Å². The van der Waals surface area contributed by atoms with Crippen molar-refractivity contribution in [1.29, 1.82) is 0 Å². The summed E-state index contributed by atoms with van der Waals surface area (Å²) in [5.41, 5.74) is 5.24. The number of sulfone groups is 1. The summed E-state index contributed by atoms with van der Waals surface area (Å²) in [6, 6.07) is 0. The summed E-state index contributed by atoms with van der Waals surface area (Å²) >= 11 is 1.87. The molecule has 0 aromatic heterocycles. The van der Waals surface area contributed by atoms with Gasteiger partial charge in [-0.15, -0.1) is 0 Å². The fourth-order valence-corrected chi connectivity index (χ4v) is 5.90. The van der Waals surface area contributed by atoms with Gasteiger partial charge in [0, 0.05) is 12.4 Å². The number of ether oxygens (including phenoxy) is 1. The molecule has 2 saturated heterocycles. The van der Waals surface area contributed by atoms with Crippen LogP contribution >= 0.6 is 11.8 Å². The fourth-order valence-electron chi connectivity index (χ4n) is 2.60. The lowest BCUT2D eigenvalue weighted by atomic mass is 9.93. The zero-order chi connectivity index (χ0) is 12.4. The summed E-state index contributed by atoms with van der Waals surface area (Å²) < 4.78 is 30.2. The van der Waals surface area contributed by atoms with E-state index in [-0.39, 0.29) is 16.6 Å². The van der Waals surface area contributed by atoms with E-state index in [0.717, 1.165) is 17.9 Å². The van der Waals surface area contributed by atoms with Gasteiger partial charge in [-0.3, -0.25) is 0 Å². The van der Waals surface area contributed by atoms with Crippen molar-refractivity contribution in [1.82, 2.24) is 0 Å². The molecule has 2 aliphatic heterocycles. The molecule has 6 heteroatoms. The van der Waals surface area contributed by atoms with Gasteiger partial charge in [-0.05, 0) is 38.0 Å². The van der Waals surface area contributed by atoms with Crippen LogP contribution in [0.2, 0.25) is 0 Å². The molecule has 2 atom stereocenters. The average molecular weight is 279 g/mol. The molecule has 0 bridgehead atoms. The Morgan fingerprint density at radius 2 is 2.29 bits per heavy atom. The van der Waals surface area contributed by atoms with Crippen LogP contribution in [-0.2, 0) is 14.6 Å². The van der Waals surface area contributed by atoms with Gasteiger partial charge in [0.05, 0.1) is 16.6 Å². The number of rotatable bonds is 4. The van der Waals surface area contributed by atoms with Crippen LogP contribution in [0.3, 0.4) is 0 Å². The number of hydrogen-bond donors (Lipinski definition) is 1. The van der Waals surface area contributed by atoms with Crippen molar-refractivity contribution in [3.63, 3.8) is 0 Å². The molecular formula is C11H21NO3S2. The van der Waals surface area contributed by atoms with Gasteiger partial charge in [0.1, 0.15) is 0 Å². The van der Waals surface area contributed by atoms with Crippen molar-refractivity contribution in [2.75, 3.05) is 30.4 Å². The summed E-state index contributed by atoms with van der Waals surface area (Å²) in [5.74, 6) is 2.28. The van der Waals surface area contributed by atoms with Crippen LogP contribution in [0.15, 0.2) is 0 Å². The highest BCUT2D eigenvalue weighted by Gasteiger charge is 2.43. The van der Waals surface area contributed by atoms with E-state index in [1.807, 2.05) is 11.8 Å². The molecule has 100 valence electrons. The Balaban J connectivity index is 2.01. The van der Waals surface area contributed by atoms with Crippen LogP contribution in [0.4, 0.5) is 0 Å². The van der Waals surface area contributed by atoms with Crippen LogP contribution in [-0.4, -0.2) is 49.7 Å². The van der Waals surface area contributed by atoms with Crippen LogP contribution < -0.4 is 5.73 Å². The summed E-state index contributed by atoms with van der Waals surface area (Å²) in [5, 5.41) is -0.207. The second kappa shape index (κ2) is 5.47. The first kappa shape index (κ1) is 13.6. The van der Waals surface area contributed by atoms with E-state index in [4.69, 9.17) is 10.5 Å². The molecule has 0 amide bonds. The van der Waals surface area contributed by atoms with Gasteiger partial charge in [0.15, 0.2) is 9.84 Å². The Labute approximate surface area is 108 Å². The van der Waals surface area contributed by atoms with E-state index in [1.165, 1.54) is 0 Å². The highest BCUT2D eigenvalue weighted by Crippen LogP contribution is 2.40. The second-order valence-corrected chi connectivity index (χ2v) is 8.46. The highest BCUT2D eigenvalue weighted by atomic mass is 32.2. The lowest BCUT2D eigenvalue weighted by Gasteiger charge is -2.37. The van der Waals surface area contributed by atoms with E-state index in [9.17, 15) is 8.42 Å². The molecule has 0 aromatic carbocycles. The van der Waals surface area contributed by atoms with E-state index >= 15 is 0 Å². The SMILES string of the molecule is NCCCS(=O)(=O)C1CCOC2(CCSC2)C1. The fraction of sp³-hybridized carbons (Fsp3) is 1.00. The minimum Gasteiger partial charge on any atom is -0.374 e. The van der Waals surface area contributed by atoms with Gasteiger partial charge in [-0.2, -0.15) is 11.8 Å². The minimum absolute atomic E-state index is 0.149. The smallest absolute Gasteiger partial charge is 0.153 e. The normalized spacial score (nSPS) is 34.3. The molecule has 0 radical (unpaired) electrons. The predicted octanol–water partition coefficient (Wildman–Crippen LogP) is 0.805. The molecule has 0 saturated carbocycles. The topological polar surface area (TPSA) is 69.4 Å². The molecule has 2 rings (SSSR count). The maximum Gasteiger partial charge on any atom is 0.153 e. The van der Waals surface area contributed by atoms with Crippen LogP contribution in [0.1, 0.15) is 25.7 Å². The molecule has 2 fully saturated rings. The zero-order valence-electron chi connectivity index (χ0n) is 10.1. The van der Waals surface area contributed by atoms with Gasteiger partial charge >= 0.3 is 0 Å². The first-order valence-corrected chi connectivity index (χ1v) is 9.08.